The number of hydrogen-bond donors (Lipinski definition) is 0. The zero-order valence-electron chi connectivity index (χ0n) is 6.36. The largest absolute Gasteiger partial charge is 0.299 e. The van der Waals surface area contributed by atoms with Crippen molar-refractivity contribution in [2.75, 3.05) is 0 Å². The molecule has 0 saturated heterocycles. The highest BCUT2D eigenvalue weighted by molar-refractivity contribution is 5.86. The Bertz CT molecular complexity index is 149. The molecular formula is C9H14O. The van der Waals surface area contributed by atoms with Gasteiger partial charge in [-0.3, -0.25) is 4.79 Å². The van der Waals surface area contributed by atoms with Gasteiger partial charge in [-0.15, -0.1) is 0 Å². The third-order valence-electron chi connectivity index (χ3n) is 3.21. The van der Waals surface area contributed by atoms with Gasteiger partial charge in [0, 0.05) is 11.8 Å². The molecule has 0 bridgehead atoms. The number of carbonyl (C=O) groups is 1. The maximum absolute atomic E-state index is 11.4. The van der Waals surface area contributed by atoms with Crippen LogP contribution in [0.1, 0.15) is 44.9 Å². The second-order valence-corrected chi connectivity index (χ2v) is 3.76. The van der Waals surface area contributed by atoms with Crippen LogP contribution in [0.25, 0.3) is 0 Å². The summed E-state index contributed by atoms with van der Waals surface area (Å²) in [5.74, 6) is 0.574. The Balaban J connectivity index is 2.19. The quantitative estimate of drug-likeness (QED) is 0.502. The van der Waals surface area contributed by atoms with Crippen LogP contribution in [-0.4, -0.2) is 5.78 Å². The third-order valence-corrected chi connectivity index (χ3v) is 3.21. The van der Waals surface area contributed by atoms with Gasteiger partial charge in [0.2, 0.25) is 0 Å². The van der Waals surface area contributed by atoms with Gasteiger partial charge in [-0.1, -0.05) is 12.8 Å². The molecule has 2 saturated carbocycles. The lowest BCUT2D eigenvalue weighted by Gasteiger charge is -2.18. The molecule has 0 aromatic rings. The van der Waals surface area contributed by atoms with E-state index in [1.807, 2.05) is 0 Å². The van der Waals surface area contributed by atoms with Crippen molar-refractivity contribution in [2.24, 2.45) is 5.41 Å². The Morgan fingerprint density at radius 3 is 2.10 bits per heavy atom. The average molecular weight is 138 g/mol. The van der Waals surface area contributed by atoms with E-state index in [2.05, 4.69) is 0 Å². The van der Waals surface area contributed by atoms with E-state index < -0.39 is 0 Å². The van der Waals surface area contributed by atoms with E-state index in [1.165, 1.54) is 38.5 Å². The van der Waals surface area contributed by atoms with Crippen molar-refractivity contribution in [3.8, 4) is 0 Å². The highest BCUT2D eigenvalue weighted by Crippen LogP contribution is 2.47. The minimum atomic E-state index is 0.208. The molecule has 2 aliphatic rings. The molecule has 2 aliphatic carbocycles. The van der Waals surface area contributed by atoms with Crippen molar-refractivity contribution in [2.45, 2.75) is 44.9 Å². The Morgan fingerprint density at radius 1 is 1.00 bits per heavy atom. The van der Waals surface area contributed by atoms with Gasteiger partial charge >= 0.3 is 0 Å². The molecule has 1 spiro atoms. The highest BCUT2D eigenvalue weighted by Gasteiger charge is 2.43. The maximum atomic E-state index is 11.4. The fraction of sp³-hybridized carbons (Fsp3) is 0.889. The normalized spacial score (nSPS) is 30.2. The lowest BCUT2D eigenvalue weighted by molar-refractivity contribution is -0.125. The number of hydrogen-bond acceptors (Lipinski definition) is 1. The van der Waals surface area contributed by atoms with E-state index in [-0.39, 0.29) is 5.41 Å². The van der Waals surface area contributed by atoms with Crippen LogP contribution >= 0.6 is 0 Å². The summed E-state index contributed by atoms with van der Waals surface area (Å²) in [5.41, 5.74) is 0.208. The Labute approximate surface area is 61.8 Å². The van der Waals surface area contributed by atoms with E-state index >= 15 is 0 Å². The van der Waals surface area contributed by atoms with Crippen LogP contribution in [0.3, 0.4) is 0 Å². The summed E-state index contributed by atoms with van der Waals surface area (Å²) in [5, 5.41) is 0. The molecule has 10 heavy (non-hydrogen) atoms. The standard InChI is InChI=1S/C9H14O/c10-8-4-3-7-9(8)5-1-2-6-9/h1-7H2. The SMILES string of the molecule is O=C1CCCC12CCCC2. The van der Waals surface area contributed by atoms with Gasteiger partial charge in [-0.25, -0.2) is 0 Å². The molecule has 2 rings (SSSR count). The first kappa shape index (κ1) is 6.38. The molecule has 0 aromatic heterocycles. The van der Waals surface area contributed by atoms with Gasteiger partial charge in [0.15, 0.2) is 0 Å². The van der Waals surface area contributed by atoms with E-state index in [0.29, 0.717) is 5.78 Å². The molecule has 0 aliphatic heterocycles. The van der Waals surface area contributed by atoms with Gasteiger partial charge < -0.3 is 0 Å². The van der Waals surface area contributed by atoms with Crippen LogP contribution < -0.4 is 0 Å². The lowest BCUT2D eigenvalue weighted by atomic mass is 9.84. The summed E-state index contributed by atoms with van der Waals surface area (Å²) < 4.78 is 0. The van der Waals surface area contributed by atoms with E-state index in [1.54, 1.807) is 0 Å². The summed E-state index contributed by atoms with van der Waals surface area (Å²) >= 11 is 0. The van der Waals surface area contributed by atoms with Crippen LogP contribution in [0, 0.1) is 5.41 Å². The summed E-state index contributed by atoms with van der Waals surface area (Å²) in [6, 6.07) is 0. The summed E-state index contributed by atoms with van der Waals surface area (Å²) in [6.07, 6.45) is 8.24. The van der Waals surface area contributed by atoms with Crippen molar-refractivity contribution < 1.29 is 4.79 Å². The van der Waals surface area contributed by atoms with Crippen molar-refractivity contribution in [1.29, 1.82) is 0 Å². The second-order valence-electron chi connectivity index (χ2n) is 3.76. The molecule has 0 atom stereocenters. The molecule has 2 fully saturated rings. The lowest BCUT2D eigenvalue weighted by Crippen LogP contribution is -2.20. The average Bonchev–Trinajstić information content (AvgIpc) is 2.48. The summed E-state index contributed by atoms with van der Waals surface area (Å²) in [6.45, 7) is 0. The molecule has 0 amide bonds. The molecule has 0 radical (unpaired) electrons. The minimum absolute atomic E-state index is 0.208. The fourth-order valence-electron chi connectivity index (χ4n) is 2.57. The molecule has 1 nitrogen and oxygen atoms in total. The van der Waals surface area contributed by atoms with Gasteiger partial charge in [-0.2, -0.15) is 0 Å². The first-order chi connectivity index (χ1) is 4.83. The Hall–Kier alpha value is -0.330. The number of carbonyl (C=O) groups excluding carboxylic acids is 1. The molecule has 0 heterocycles. The number of Topliss-reactive ketones (excluding diaryl/α,β-unsaturated/α-hetero) is 1. The van der Waals surface area contributed by atoms with Crippen molar-refractivity contribution >= 4 is 5.78 Å². The zero-order chi connectivity index (χ0) is 7.03. The first-order valence-electron chi connectivity index (χ1n) is 4.37. The second kappa shape index (κ2) is 2.08. The number of rotatable bonds is 0. The van der Waals surface area contributed by atoms with Gasteiger partial charge in [-0.05, 0) is 25.7 Å². The van der Waals surface area contributed by atoms with E-state index in [4.69, 9.17) is 0 Å². The third kappa shape index (κ3) is 0.727. The Kier molecular flexibility index (Phi) is 1.33. The molecular weight excluding hydrogens is 124 g/mol. The maximum Gasteiger partial charge on any atom is 0.139 e. The van der Waals surface area contributed by atoms with Crippen molar-refractivity contribution in [1.82, 2.24) is 0 Å². The van der Waals surface area contributed by atoms with Crippen molar-refractivity contribution in [3.63, 3.8) is 0 Å². The van der Waals surface area contributed by atoms with Crippen LogP contribution in [0.4, 0.5) is 0 Å². The molecule has 0 unspecified atom stereocenters. The van der Waals surface area contributed by atoms with Crippen LogP contribution in [0.15, 0.2) is 0 Å². The predicted molar refractivity (Wildman–Crippen MR) is 39.8 cm³/mol. The van der Waals surface area contributed by atoms with Gasteiger partial charge in [0.1, 0.15) is 5.78 Å². The topological polar surface area (TPSA) is 17.1 Å². The first-order valence-corrected chi connectivity index (χ1v) is 4.37. The fourth-order valence-corrected chi connectivity index (χ4v) is 2.57. The number of ketones is 1. The van der Waals surface area contributed by atoms with Gasteiger partial charge in [0.05, 0.1) is 0 Å². The zero-order valence-corrected chi connectivity index (χ0v) is 6.36. The van der Waals surface area contributed by atoms with Crippen LogP contribution in [-0.2, 0) is 4.79 Å². The minimum Gasteiger partial charge on any atom is -0.299 e. The molecule has 1 heteroatoms. The van der Waals surface area contributed by atoms with E-state index in [0.717, 1.165) is 6.42 Å². The van der Waals surface area contributed by atoms with Crippen LogP contribution in [0.5, 0.6) is 0 Å². The molecule has 56 valence electrons. The molecule has 0 aromatic carbocycles. The molecule has 0 N–H and O–H groups in total. The smallest absolute Gasteiger partial charge is 0.139 e. The summed E-state index contributed by atoms with van der Waals surface area (Å²) in [4.78, 5) is 11.4. The monoisotopic (exact) mass is 138 g/mol. The predicted octanol–water partition coefficient (Wildman–Crippen LogP) is 2.30. The van der Waals surface area contributed by atoms with Crippen molar-refractivity contribution in [3.05, 3.63) is 0 Å². The van der Waals surface area contributed by atoms with Crippen LogP contribution in [0.2, 0.25) is 0 Å². The summed E-state index contributed by atoms with van der Waals surface area (Å²) in [7, 11) is 0. The highest BCUT2D eigenvalue weighted by atomic mass is 16.1. The van der Waals surface area contributed by atoms with Gasteiger partial charge in [0.25, 0.3) is 0 Å². The Morgan fingerprint density at radius 2 is 1.60 bits per heavy atom. The van der Waals surface area contributed by atoms with E-state index in [9.17, 15) is 4.79 Å².